The van der Waals surface area contributed by atoms with Gasteiger partial charge in [-0.05, 0) is 36.9 Å². The number of nitrogens with zero attached hydrogens (tertiary/aromatic N) is 1. The van der Waals surface area contributed by atoms with Crippen molar-refractivity contribution in [1.29, 1.82) is 0 Å². The predicted octanol–water partition coefficient (Wildman–Crippen LogP) is 0.239. The van der Waals surface area contributed by atoms with Crippen LogP contribution in [0.25, 0.3) is 0 Å². The Morgan fingerprint density at radius 1 is 1.14 bits per heavy atom. The number of phenols is 1. The van der Waals surface area contributed by atoms with Crippen molar-refractivity contribution < 1.29 is 29.4 Å². The molecule has 0 radical (unpaired) electrons. The smallest absolute Gasteiger partial charge is 0.166 e. The number of rotatable bonds is 7. The maximum Gasteiger partial charge on any atom is 0.166 e. The molecule has 1 fully saturated rings. The first-order valence-electron chi connectivity index (χ1n) is 9.71. The fraction of sp³-hybridized carbons (Fsp3) is 0.409. The molecule has 29 heavy (non-hydrogen) atoms. The molecule has 0 spiro atoms. The van der Waals surface area contributed by atoms with Gasteiger partial charge in [-0.1, -0.05) is 11.8 Å². The molecule has 0 aromatic heterocycles. The van der Waals surface area contributed by atoms with Gasteiger partial charge in [-0.2, -0.15) is 0 Å². The lowest BCUT2D eigenvalue weighted by Crippen LogP contribution is -3.13. The summed E-state index contributed by atoms with van der Waals surface area (Å²) in [6.07, 6.45) is 0.0706. The standard InChI is InChI=1S/C22H28N2O5/c1-23-8-10-24(11-9-23)14-17-18(25)6-5-16(22(17)27)19(26)12-15-4-7-20(28-2)21(13-15)29-3/h4-7,13,25,27H,8-12,14H2,1-3H3. The Hall–Kier alpha value is -2.77. The highest BCUT2D eigenvalue weighted by molar-refractivity contribution is 6.00. The van der Waals surface area contributed by atoms with Crippen molar-refractivity contribution in [3.05, 3.63) is 47.0 Å². The lowest BCUT2D eigenvalue weighted by molar-refractivity contribution is -0.918. The van der Waals surface area contributed by atoms with Gasteiger partial charge in [0.05, 0.1) is 27.3 Å². The van der Waals surface area contributed by atoms with Crippen LogP contribution in [0.3, 0.4) is 0 Å². The van der Waals surface area contributed by atoms with Gasteiger partial charge in [0.15, 0.2) is 17.3 Å². The minimum absolute atomic E-state index is 0.0379. The molecular weight excluding hydrogens is 372 g/mol. The molecule has 0 aliphatic carbocycles. The molecule has 2 N–H and O–H groups in total. The molecular formula is C22H28N2O5. The minimum Gasteiger partial charge on any atom is -0.872 e. The van der Waals surface area contributed by atoms with Crippen molar-refractivity contribution in [3.63, 3.8) is 0 Å². The van der Waals surface area contributed by atoms with Gasteiger partial charge in [0.2, 0.25) is 0 Å². The van der Waals surface area contributed by atoms with E-state index in [2.05, 4.69) is 11.9 Å². The number of hydrogen-bond donors (Lipinski definition) is 2. The van der Waals surface area contributed by atoms with E-state index < -0.39 is 0 Å². The van der Waals surface area contributed by atoms with Crippen LogP contribution in [0.5, 0.6) is 23.0 Å². The van der Waals surface area contributed by atoms with E-state index >= 15 is 0 Å². The van der Waals surface area contributed by atoms with E-state index in [4.69, 9.17) is 9.47 Å². The van der Waals surface area contributed by atoms with Crippen molar-refractivity contribution in [1.82, 2.24) is 4.90 Å². The number of Topliss-reactive ketones (excluding diaryl/α,β-unsaturated/α-hetero) is 1. The summed E-state index contributed by atoms with van der Waals surface area (Å²) in [7, 11) is 5.15. The highest BCUT2D eigenvalue weighted by Crippen LogP contribution is 2.31. The van der Waals surface area contributed by atoms with Crippen LogP contribution in [0.2, 0.25) is 0 Å². The van der Waals surface area contributed by atoms with Gasteiger partial charge in [-0.3, -0.25) is 9.69 Å². The van der Waals surface area contributed by atoms with E-state index in [0.29, 0.717) is 23.6 Å². The Kier molecular flexibility index (Phi) is 6.61. The highest BCUT2D eigenvalue weighted by Gasteiger charge is 2.21. The van der Waals surface area contributed by atoms with E-state index in [9.17, 15) is 15.0 Å². The SMILES string of the molecule is COc1ccc(CC(=O)c2ccc(O)c(C[NH+]3CCN(C)CC3)c2[O-])cc1OC. The molecule has 2 aromatic carbocycles. The molecule has 0 unspecified atom stereocenters. The number of ketones is 1. The van der Waals surface area contributed by atoms with E-state index in [-0.39, 0.29) is 29.3 Å². The van der Waals surface area contributed by atoms with E-state index in [1.807, 2.05) is 0 Å². The third-order valence-corrected chi connectivity index (χ3v) is 5.47. The summed E-state index contributed by atoms with van der Waals surface area (Å²) >= 11 is 0. The van der Waals surface area contributed by atoms with Crippen molar-refractivity contribution in [3.8, 4) is 23.0 Å². The summed E-state index contributed by atoms with van der Waals surface area (Å²) in [6, 6.07) is 8.12. The van der Waals surface area contributed by atoms with E-state index in [1.165, 1.54) is 24.1 Å². The zero-order valence-electron chi connectivity index (χ0n) is 17.2. The van der Waals surface area contributed by atoms with Crippen molar-refractivity contribution >= 4 is 5.78 Å². The molecule has 0 bridgehead atoms. The molecule has 3 rings (SSSR count). The monoisotopic (exact) mass is 400 g/mol. The molecule has 0 amide bonds. The average Bonchev–Trinajstić information content (AvgIpc) is 2.72. The van der Waals surface area contributed by atoms with Gasteiger partial charge in [-0.15, -0.1) is 0 Å². The van der Waals surface area contributed by atoms with Gasteiger partial charge >= 0.3 is 0 Å². The first kappa shape index (κ1) is 21.0. The van der Waals surface area contributed by atoms with Crippen LogP contribution in [0.4, 0.5) is 0 Å². The summed E-state index contributed by atoms with van der Waals surface area (Å²) in [4.78, 5) is 16.3. The Bertz CT molecular complexity index is 876. The molecule has 0 atom stereocenters. The second kappa shape index (κ2) is 9.15. The number of carbonyl (C=O) groups excluding carboxylic acids is 1. The van der Waals surface area contributed by atoms with Crippen LogP contribution in [-0.4, -0.2) is 63.2 Å². The topological polar surface area (TPSA) is 86.5 Å². The summed E-state index contributed by atoms with van der Waals surface area (Å²) in [6.45, 7) is 4.12. The quantitative estimate of drug-likeness (QED) is 0.648. The Labute approximate surface area is 171 Å². The zero-order chi connectivity index (χ0) is 21.0. The van der Waals surface area contributed by atoms with E-state index in [1.54, 1.807) is 25.3 Å². The lowest BCUT2D eigenvalue weighted by atomic mass is 9.98. The molecule has 0 saturated carbocycles. The predicted molar refractivity (Wildman–Crippen MR) is 107 cm³/mol. The summed E-state index contributed by atoms with van der Waals surface area (Å²) < 4.78 is 10.5. The van der Waals surface area contributed by atoms with E-state index in [0.717, 1.165) is 31.7 Å². The minimum atomic E-state index is -0.373. The number of aromatic hydroxyl groups is 1. The van der Waals surface area contributed by atoms with Crippen molar-refractivity contribution in [2.24, 2.45) is 0 Å². The maximum atomic E-state index is 12.9. The number of quaternary nitrogens is 1. The van der Waals surface area contributed by atoms with Gasteiger partial charge in [-0.25, -0.2) is 0 Å². The van der Waals surface area contributed by atoms with Crippen molar-refractivity contribution in [2.75, 3.05) is 47.4 Å². The molecule has 1 heterocycles. The molecule has 7 nitrogen and oxygen atoms in total. The third kappa shape index (κ3) is 4.81. The second-order valence-electron chi connectivity index (χ2n) is 7.46. The molecule has 1 saturated heterocycles. The Morgan fingerprint density at radius 3 is 2.48 bits per heavy atom. The van der Waals surface area contributed by atoms with Gasteiger partial charge < -0.3 is 24.6 Å². The fourth-order valence-electron chi connectivity index (χ4n) is 3.64. The lowest BCUT2D eigenvalue weighted by Gasteiger charge is -2.31. The van der Waals surface area contributed by atoms with Crippen LogP contribution in [0, 0.1) is 0 Å². The number of piperazine rings is 1. The largest absolute Gasteiger partial charge is 0.872 e. The summed E-state index contributed by atoms with van der Waals surface area (Å²) in [5, 5.41) is 23.2. The number of carbonyl (C=O) groups is 1. The Balaban J connectivity index is 1.79. The maximum absolute atomic E-state index is 12.9. The van der Waals surface area contributed by atoms with Gasteiger partial charge in [0.25, 0.3) is 0 Å². The fourth-order valence-corrected chi connectivity index (χ4v) is 3.64. The van der Waals surface area contributed by atoms with Crippen LogP contribution in [-0.2, 0) is 13.0 Å². The van der Waals surface area contributed by atoms with Crippen LogP contribution in [0.1, 0.15) is 21.5 Å². The molecule has 156 valence electrons. The molecule has 2 aromatic rings. The van der Waals surface area contributed by atoms with Crippen LogP contribution < -0.4 is 19.5 Å². The number of hydrogen-bond acceptors (Lipinski definition) is 6. The number of benzene rings is 2. The van der Waals surface area contributed by atoms with Crippen LogP contribution in [0.15, 0.2) is 30.3 Å². The van der Waals surface area contributed by atoms with Gasteiger partial charge in [0, 0.05) is 30.6 Å². The number of nitrogens with one attached hydrogen (secondary N) is 1. The third-order valence-electron chi connectivity index (χ3n) is 5.47. The Morgan fingerprint density at radius 2 is 1.83 bits per heavy atom. The average molecular weight is 400 g/mol. The second-order valence-corrected chi connectivity index (χ2v) is 7.46. The first-order chi connectivity index (χ1) is 13.9. The summed E-state index contributed by atoms with van der Waals surface area (Å²) in [5.41, 5.74) is 1.16. The molecule has 1 aliphatic heterocycles. The summed E-state index contributed by atoms with van der Waals surface area (Å²) in [5.74, 6) is 0.420. The zero-order valence-corrected chi connectivity index (χ0v) is 17.2. The first-order valence-corrected chi connectivity index (χ1v) is 9.71. The molecule has 1 aliphatic rings. The molecule has 7 heteroatoms. The van der Waals surface area contributed by atoms with Crippen molar-refractivity contribution in [2.45, 2.75) is 13.0 Å². The number of likely N-dealkylation sites (N-methyl/N-ethyl adjacent to an activating group) is 1. The van der Waals surface area contributed by atoms with Gasteiger partial charge in [0.1, 0.15) is 12.3 Å². The number of ether oxygens (including phenoxy) is 2. The highest BCUT2D eigenvalue weighted by atomic mass is 16.5. The van der Waals surface area contributed by atoms with Crippen LogP contribution >= 0.6 is 0 Å². The normalized spacial score (nSPS) is 15.3. The number of phenolic OH excluding ortho intramolecular Hbond substituents is 1. The number of methoxy groups -OCH3 is 2.